The first kappa shape index (κ1) is 14.9. The van der Waals surface area contributed by atoms with Gasteiger partial charge in [-0.05, 0) is 23.3 Å². The molecule has 0 aromatic heterocycles. The average Bonchev–Trinajstić information content (AvgIpc) is 2.44. The van der Waals surface area contributed by atoms with Crippen molar-refractivity contribution in [3.63, 3.8) is 0 Å². The van der Waals surface area contributed by atoms with Crippen molar-refractivity contribution in [3.8, 4) is 5.75 Å². The molecular formula is C17H20ClNO. The van der Waals surface area contributed by atoms with Crippen molar-refractivity contribution in [2.75, 3.05) is 6.54 Å². The highest BCUT2D eigenvalue weighted by molar-refractivity contribution is 6.32. The summed E-state index contributed by atoms with van der Waals surface area (Å²) in [6, 6.07) is 15.8. The minimum absolute atomic E-state index is 0.0714. The number of hydrogen-bond donors (Lipinski definition) is 2. The van der Waals surface area contributed by atoms with Crippen molar-refractivity contribution < 1.29 is 5.11 Å². The number of phenols is 1. The second-order valence-electron chi connectivity index (χ2n) is 5.64. The van der Waals surface area contributed by atoms with Gasteiger partial charge in [-0.1, -0.05) is 61.8 Å². The molecule has 2 aromatic rings. The number of hydrogen-bond acceptors (Lipinski definition) is 2. The van der Waals surface area contributed by atoms with Gasteiger partial charge in [0, 0.05) is 18.5 Å². The number of nitrogens with one attached hydrogen (secondary N) is 1. The SMILES string of the molecule is CC(C)(CNCc1ccc(O)c(Cl)c1)c1ccccc1. The minimum Gasteiger partial charge on any atom is -0.506 e. The van der Waals surface area contributed by atoms with Gasteiger partial charge in [0.05, 0.1) is 5.02 Å². The predicted molar refractivity (Wildman–Crippen MR) is 84.3 cm³/mol. The molecule has 0 radical (unpaired) electrons. The van der Waals surface area contributed by atoms with Crippen LogP contribution in [0, 0.1) is 0 Å². The lowest BCUT2D eigenvalue weighted by molar-refractivity contribution is 0.466. The van der Waals surface area contributed by atoms with E-state index in [2.05, 4.69) is 43.4 Å². The monoisotopic (exact) mass is 289 g/mol. The Balaban J connectivity index is 1.93. The fourth-order valence-electron chi connectivity index (χ4n) is 2.17. The molecule has 0 aliphatic rings. The highest BCUT2D eigenvalue weighted by Crippen LogP contribution is 2.24. The zero-order valence-corrected chi connectivity index (χ0v) is 12.6. The highest BCUT2D eigenvalue weighted by atomic mass is 35.5. The van der Waals surface area contributed by atoms with E-state index in [4.69, 9.17) is 11.6 Å². The van der Waals surface area contributed by atoms with E-state index in [0.717, 1.165) is 18.7 Å². The number of aromatic hydroxyl groups is 1. The third-order valence-corrected chi connectivity index (χ3v) is 3.77. The van der Waals surface area contributed by atoms with E-state index in [1.807, 2.05) is 12.1 Å². The zero-order valence-electron chi connectivity index (χ0n) is 11.9. The summed E-state index contributed by atoms with van der Waals surface area (Å²) in [5.41, 5.74) is 2.45. The lowest BCUT2D eigenvalue weighted by Gasteiger charge is -2.25. The van der Waals surface area contributed by atoms with Gasteiger partial charge < -0.3 is 10.4 Å². The topological polar surface area (TPSA) is 32.3 Å². The fraction of sp³-hybridized carbons (Fsp3) is 0.294. The van der Waals surface area contributed by atoms with E-state index in [-0.39, 0.29) is 11.2 Å². The zero-order chi connectivity index (χ0) is 14.6. The van der Waals surface area contributed by atoms with Crippen LogP contribution in [0.1, 0.15) is 25.0 Å². The van der Waals surface area contributed by atoms with Gasteiger partial charge in [-0.25, -0.2) is 0 Å². The van der Waals surface area contributed by atoms with Gasteiger partial charge in [0.2, 0.25) is 0 Å². The van der Waals surface area contributed by atoms with Gasteiger partial charge >= 0.3 is 0 Å². The molecule has 0 saturated heterocycles. The molecule has 0 bridgehead atoms. The van der Waals surface area contributed by atoms with Gasteiger partial charge in [-0.2, -0.15) is 0 Å². The third kappa shape index (κ3) is 3.75. The Morgan fingerprint density at radius 2 is 1.80 bits per heavy atom. The highest BCUT2D eigenvalue weighted by Gasteiger charge is 2.19. The van der Waals surface area contributed by atoms with Gasteiger partial charge in [-0.3, -0.25) is 0 Å². The van der Waals surface area contributed by atoms with Crippen LogP contribution in [0.15, 0.2) is 48.5 Å². The van der Waals surface area contributed by atoms with Crippen molar-refractivity contribution >= 4 is 11.6 Å². The Kier molecular flexibility index (Phi) is 4.69. The smallest absolute Gasteiger partial charge is 0.134 e. The molecule has 0 spiro atoms. The second kappa shape index (κ2) is 6.29. The molecule has 3 heteroatoms. The summed E-state index contributed by atoms with van der Waals surface area (Å²) in [5.74, 6) is 0.125. The summed E-state index contributed by atoms with van der Waals surface area (Å²) in [7, 11) is 0. The summed E-state index contributed by atoms with van der Waals surface area (Å²) in [6.45, 7) is 6.05. The lowest BCUT2D eigenvalue weighted by atomic mass is 9.84. The molecule has 0 saturated carbocycles. The molecule has 0 aliphatic carbocycles. The molecule has 0 heterocycles. The fourth-order valence-corrected chi connectivity index (χ4v) is 2.37. The summed E-state index contributed by atoms with van der Waals surface area (Å²) in [6.07, 6.45) is 0. The van der Waals surface area contributed by atoms with Crippen LogP contribution in [0.3, 0.4) is 0 Å². The Hall–Kier alpha value is -1.51. The summed E-state index contributed by atoms with van der Waals surface area (Å²) < 4.78 is 0. The number of halogens is 1. The quantitative estimate of drug-likeness (QED) is 0.868. The second-order valence-corrected chi connectivity index (χ2v) is 6.05. The molecule has 0 atom stereocenters. The van der Waals surface area contributed by atoms with Crippen LogP contribution < -0.4 is 5.32 Å². The van der Waals surface area contributed by atoms with Crippen LogP contribution in [-0.2, 0) is 12.0 Å². The first-order chi connectivity index (χ1) is 9.49. The van der Waals surface area contributed by atoms with Crippen molar-refractivity contribution in [1.82, 2.24) is 5.32 Å². The first-order valence-corrected chi connectivity index (χ1v) is 7.10. The van der Waals surface area contributed by atoms with Crippen molar-refractivity contribution in [2.24, 2.45) is 0 Å². The van der Waals surface area contributed by atoms with Crippen molar-refractivity contribution in [1.29, 1.82) is 0 Å². The van der Waals surface area contributed by atoms with Crippen LogP contribution in [0.2, 0.25) is 5.02 Å². The molecule has 2 N–H and O–H groups in total. The standard InChI is InChI=1S/C17H20ClNO/c1-17(2,14-6-4-3-5-7-14)12-19-11-13-8-9-16(20)15(18)10-13/h3-10,19-20H,11-12H2,1-2H3. The summed E-state index contributed by atoms with van der Waals surface area (Å²) in [5, 5.41) is 13.2. The van der Waals surface area contributed by atoms with Gasteiger partial charge in [-0.15, -0.1) is 0 Å². The van der Waals surface area contributed by atoms with Crippen LogP contribution >= 0.6 is 11.6 Å². The van der Waals surface area contributed by atoms with E-state index in [1.54, 1.807) is 12.1 Å². The van der Waals surface area contributed by atoms with E-state index in [0.29, 0.717) is 5.02 Å². The number of phenolic OH excluding ortho intramolecular Hbond substituents is 1. The van der Waals surface area contributed by atoms with Crippen LogP contribution in [0.5, 0.6) is 5.75 Å². The molecule has 0 unspecified atom stereocenters. The van der Waals surface area contributed by atoms with Crippen LogP contribution in [-0.4, -0.2) is 11.7 Å². The van der Waals surface area contributed by atoms with Crippen LogP contribution in [0.4, 0.5) is 0 Å². The maximum atomic E-state index is 9.39. The molecule has 2 nitrogen and oxygen atoms in total. The Bertz CT molecular complexity index is 566. The molecule has 0 aliphatic heterocycles. The Morgan fingerprint density at radius 1 is 1.10 bits per heavy atom. The van der Waals surface area contributed by atoms with E-state index < -0.39 is 0 Å². The summed E-state index contributed by atoms with van der Waals surface area (Å²) in [4.78, 5) is 0. The Morgan fingerprint density at radius 3 is 2.45 bits per heavy atom. The van der Waals surface area contributed by atoms with E-state index >= 15 is 0 Å². The molecule has 20 heavy (non-hydrogen) atoms. The van der Waals surface area contributed by atoms with Crippen molar-refractivity contribution in [2.45, 2.75) is 25.8 Å². The predicted octanol–water partition coefficient (Wildman–Crippen LogP) is 4.11. The molecule has 2 aromatic carbocycles. The van der Waals surface area contributed by atoms with Gasteiger partial charge in [0.25, 0.3) is 0 Å². The number of rotatable bonds is 5. The molecular weight excluding hydrogens is 270 g/mol. The normalized spacial score (nSPS) is 11.6. The average molecular weight is 290 g/mol. The molecule has 0 fully saturated rings. The molecule has 106 valence electrons. The Labute approximate surface area is 125 Å². The maximum Gasteiger partial charge on any atom is 0.134 e. The van der Waals surface area contributed by atoms with E-state index in [9.17, 15) is 5.11 Å². The van der Waals surface area contributed by atoms with Crippen molar-refractivity contribution in [3.05, 3.63) is 64.7 Å². The van der Waals surface area contributed by atoms with Gasteiger partial charge in [0.15, 0.2) is 0 Å². The summed E-state index contributed by atoms with van der Waals surface area (Å²) >= 11 is 5.90. The minimum atomic E-state index is 0.0714. The first-order valence-electron chi connectivity index (χ1n) is 6.73. The molecule has 0 amide bonds. The molecule has 2 rings (SSSR count). The van der Waals surface area contributed by atoms with E-state index in [1.165, 1.54) is 5.56 Å². The number of benzene rings is 2. The largest absolute Gasteiger partial charge is 0.506 e. The maximum absolute atomic E-state index is 9.39. The van der Waals surface area contributed by atoms with Gasteiger partial charge in [0.1, 0.15) is 5.75 Å². The third-order valence-electron chi connectivity index (χ3n) is 3.46. The lowest BCUT2D eigenvalue weighted by Crippen LogP contribution is -2.32. The van der Waals surface area contributed by atoms with Crippen LogP contribution in [0.25, 0.3) is 0 Å².